The molecule has 2 fully saturated rings. The molecule has 0 amide bonds. The van der Waals surface area contributed by atoms with Crippen LogP contribution in [0.5, 0.6) is 0 Å². The Hall–Kier alpha value is -2.33. The largest absolute Gasteiger partial charge is 0.450 e. The summed E-state index contributed by atoms with van der Waals surface area (Å²) in [7, 11) is 0. The maximum atomic E-state index is 12.4. The summed E-state index contributed by atoms with van der Waals surface area (Å²) in [5.41, 5.74) is 2.45. The first-order valence-corrected chi connectivity index (χ1v) is 9.75. The molecule has 0 bridgehead atoms. The van der Waals surface area contributed by atoms with Crippen LogP contribution in [0.1, 0.15) is 19.3 Å². The first-order chi connectivity index (χ1) is 12.7. The maximum Gasteiger partial charge on any atom is 0.362 e. The monoisotopic (exact) mass is 349 g/mol. The zero-order valence-corrected chi connectivity index (χ0v) is 15.1. The molecule has 4 heteroatoms. The molecule has 0 saturated carbocycles. The number of hydrogen-bond acceptors (Lipinski definition) is 2. The topological polar surface area (TPSA) is 31.2 Å². The number of fused-ring (bicyclic) bond motifs is 3. The number of aromatic nitrogens is 1. The second-order valence-corrected chi connectivity index (χ2v) is 7.95. The highest BCUT2D eigenvalue weighted by molar-refractivity contribution is 6.07. The van der Waals surface area contributed by atoms with Crippen LogP contribution in [0.25, 0.3) is 21.8 Å². The molecule has 0 radical (unpaired) electrons. The third kappa shape index (κ3) is 2.60. The van der Waals surface area contributed by atoms with Crippen molar-refractivity contribution in [1.29, 1.82) is 0 Å². The van der Waals surface area contributed by atoms with Gasteiger partial charge in [-0.15, -0.1) is 0 Å². The van der Waals surface area contributed by atoms with Crippen molar-refractivity contribution in [2.75, 3.05) is 26.2 Å². The van der Waals surface area contributed by atoms with Crippen molar-refractivity contribution in [2.45, 2.75) is 31.9 Å². The third-order valence-corrected chi connectivity index (χ3v) is 6.18. The van der Waals surface area contributed by atoms with Crippen LogP contribution in [0.15, 0.2) is 48.5 Å². The molecule has 1 atom stereocenters. The number of quaternary nitrogens is 1. The molecule has 0 aliphatic carbocycles. The Kier molecular flexibility index (Phi) is 3.75. The van der Waals surface area contributed by atoms with E-state index in [1.807, 2.05) is 0 Å². The van der Waals surface area contributed by atoms with Gasteiger partial charge in [0.05, 0.1) is 19.6 Å². The number of esters is 1. The molecule has 2 aromatic carbocycles. The molecule has 134 valence electrons. The molecule has 3 aromatic rings. The standard InChI is InChI=1S/C22H25N2O2/c25-22-16-24(12-6-1-7-13-24)15-17(26-22)14-23-20-10-4-2-8-18(20)19-9-3-5-11-21(19)23/h2-5,8-11,17H,1,6-7,12-16H2/q+1/t17-/m0/s1. The van der Waals surface area contributed by atoms with Crippen LogP contribution >= 0.6 is 0 Å². The highest BCUT2D eigenvalue weighted by atomic mass is 16.5. The fourth-order valence-electron chi connectivity index (χ4n) is 5.05. The van der Waals surface area contributed by atoms with Gasteiger partial charge in [0.25, 0.3) is 0 Å². The van der Waals surface area contributed by atoms with E-state index in [2.05, 4.69) is 53.1 Å². The van der Waals surface area contributed by atoms with Crippen molar-refractivity contribution in [3.63, 3.8) is 0 Å². The Balaban J connectivity index is 1.53. The fraction of sp³-hybridized carbons (Fsp3) is 0.409. The van der Waals surface area contributed by atoms with E-state index in [4.69, 9.17) is 4.74 Å². The Labute approximate surface area is 153 Å². The van der Waals surface area contributed by atoms with E-state index < -0.39 is 0 Å². The van der Waals surface area contributed by atoms with Crippen molar-refractivity contribution >= 4 is 27.8 Å². The Morgan fingerprint density at radius 2 is 1.54 bits per heavy atom. The minimum Gasteiger partial charge on any atom is -0.450 e. The van der Waals surface area contributed by atoms with Gasteiger partial charge in [0, 0.05) is 21.8 Å². The average Bonchev–Trinajstić information content (AvgIpc) is 2.96. The van der Waals surface area contributed by atoms with E-state index >= 15 is 0 Å². The quantitative estimate of drug-likeness (QED) is 0.521. The average molecular weight is 349 g/mol. The number of para-hydroxylation sites is 2. The second kappa shape index (κ2) is 6.13. The molecule has 26 heavy (non-hydrogen) atoms. The first kappa shape index (κ1) is 15.9. The molecule has 2 aliphatic rings. The van der Waals surface area contributed by atoms with Gasteiger partial charge < -0.3 is 13.8 Å². The number of carbonyl (C=O) groups excluding carboxylic acids is 1. The summed E-state index contributed by atoms with van der Waals surface area (Å²) in [6.07, 6.45) is 3.71. The fourth-order valence-corrected chi connectivity index (χ4v) is 5.05. The Morgan fingerprint density at radius 3 is 2.19 bits per heavy atom. The maximum absolute atomic E-state index is 12.4. The van der Waals surface area contributed by atoms with Crippen LogP contribution < -0.4 is 0 Å². The van der Waals surface area contributed by atoms with Crippen LogP contribution in [0.2, 0.25) is 0 Å². The molecule has 0 unspecified atom stereocenters. The van der Waals surface area contributed by atoms with E-state index in [0.29, 0.717) is 6.54 Å². The van der Waals surface area contributed by atoms with Crippen LogP contribution in [-0.2, 0) is 16.1 Å². The van der Waals surface area contributed by atoms with Crippen molar-refractivity contribution < 1.29 is 14.0 Å². The second-order valence-electron chi connectivity index (χ2n) is 7.95. The lowest BCUT2D eigenvalue weighted by Gasteiger charge is -2.45. The number of carbonyl (C=O) groups is 1. The predicted molar refractivity (Wildman–Crippen MR) is 103 cm³/mol. The van der Waals surface area contributed by atoms with Gasteiger partial charge in [-0.25, -0.2) is 4.79 Å². The summed E-state index contributed by atoms with van der Waals surface area (Å²) < 4.78 is 9.08. The van der Waals surface area contributed by atoms with Gasteiger partial charge in [-0.1, -0.05) is 36.4 Å². The van der Waals surface area contributed by atoms with E-state index in [-0.39, 0.29) is 12.1 Å². The summed E-state index contributed by atoms with van der Waals surface area (Å²) in [6.45, 7) is 4.49. The molecule has 2 saturated heterocycles. The van der Waals surface area contributed by atoms with E-state index in [1.54, 1.807) is 0 Å². The molecule has 2 aliphatic heterocycles. The van der Waals surface area contributed by atoms with Crippen LogP contribution in [0.3, 0.4) is 0 Å². The van der Waals surface area contributed by atoms with E-state index in [1.165, 1.54) is 41.1 Å². The number of piperidine rings is 1. The lowest BCUT2D eigenvalue weighted by atomic mass is 10.0. The van der Waals surface area contributed by atoms with Crippen LogP contribution in [0, 0.1) is 0 Å². The van der Waals surface area contributed by atoms with Gasteiger partial charge >= 0.3 is 5.97 Å². The lowest BCUT2D eigenvalue weighted by Crippen LogP contribution is -2.62. The van der Waals surface area contributed by atoms with E-state index in [0.717, 1.165) is 30.7 Å². The summed E-state index contributed by atoms with van der Waals surface area (Å²) >= 11 is 0. The Bertz CT molecular complexity index is 915. The van der Waals surface area contributed by atoms with Gasteiger partial charge in [0.1, 0.15) is 6.54 Å². The van der Waals surface area contributed by atoms with Gasteiger partial charge in [0.2, 0.25) is 0 Å². The number of ether oxygens (including phenoxy) is 1. The lowest BCUT2D eigenvalue weighted by molar-refractivity contribution is -0.932. The number of morpholine rings is 1. The minimum atomic E-state index is -0.0476. The van der Waals surface area contributed by atoms with Crippen molar-refractivity contribution in [3.05, 3.63) is 48.5 Å². The van der Waals surface area contributed by atoms with E-state index in [9.17, 15) is 4.79 Å². The van der Waals surface area contributed by atoms with Gasteiger partial charge in [-0.3, -0.25) is 0 Å². The highest BCUT2D eigenvalue weighted by Gasteiger charge is 2.41. The molecular formula is C22H25N2O2+. The summed E-state index contributed by atoms with van der Waals surface area (Å²) in [6, 6.07) is 17.1. The SMILES string of the molecule is O=C1C[N+]2(CCCCC2)C[C@H](Cn2c3ccccc3c3ccccc32)O1. The van der Waals surface area contributed by atoms with Crippen molar-refractivity contribution in [3.8, 4) is 0 Å². The zero-order chi connectivity index (χ0) is 17.6. The van der Waals surface area contributed by atoms with Gasteiger partial charge in [-0.2, -0.15) is 0 Å². The molecular weight excluding hydrogens is 324 g/mol. The van der Waals surface area contributed by atoms with Crippen molar-refractivity contribution in [1.82, 2.24) is 4.57 Å². The summed E-state index contributed by atoms with van der Waals surface area (Å²) in [5, 5.41) is 2.54. The van der Waals surface area contributed by atoms with Crippen LogP contribution in [0.4, 0.5) is 0 Å². The van der Waals surface area contributed by atoms with Gasteiger partial charge in [0.15, 0.2) is 12.6 Å². The minimum absolute atomic E-state index is 0.0242. The molecule has 4 nitrogen and oxygen atoms in total. The predicted octanol–water partition coefficient (Wildman–Crippen LogP) is 3.72. The molecule has 1 aromatic heterocycles. The number of cyclic esters (lactones) is 1. The normalized spacial score (nSPS) is 22.8. The number of hydrogen-bond donors (Lipinski definition) is 0. The first-order valence-electron chi connectivity index (χ1n) is 9.75. The number of rotatable bonds is 2. The van der Waals surface area contributed by atoms with Crippen LogP contribution in [-0.4, -0.2) is 47.3 Å². The number of benzene rings is 2. The van der Waals surface area contributed by atoms with Gasteiger partial charge in [-0.05, 0) is 31.4 Å². The summed E-state index contributed by atoms with van der Waals surface area (Å²) in [4.78, 5) is 12.4. The molecule has 3 heterocycles. The number of nitrogens with zero attached hydrogens (tertiary/aromatic N) is 2. The zero-order valence-electron chi connectivity index (χ0n) is 15.1. The highest BCUT2D eigenvalue weighted by Crippen LogP contribution is 2.30. The Morgan fingerprint density at radius 1 is 0.923 bits per heavy atom. The molecule has 0 N–H and O–H groups in total. The summed E-state index contributed by atoms with van der Waals surface area (Å²) in [5.74, 6) is -0.0242. The van der Waals surface area contributed by atoms with Crippen molar-refractivity contribution in [2.24, 2.45) is 0 Å². The molecule has 5 rings (SSSR count). The third-order valence-electron chi connectivity index (χ3n) is 6.18. The molecule has 1 spiro atoms. The smallest absolute Gasteiger partial charge is 0.362 e.